The maximum Gasteiger partial charge on any atom is 0.194 e. The van der Waals surface area contributed by atoms with Crippen molar-refractivity contribution < 1.29 is 22.6 Å². The molecule has 3 rings (SSSR count). The molecular weight excluding hydrogens is 257 g/mol. The molecule has 0 bridgehead atoms. The predicted molar refractivity (Wildman–Crippen MR) is 62.8 cm³/mol. The molecule has 1 aromatic rings. The van der Waals surface area contributed by atoms with Gasteiger partial charge >= 0.3 is 0 Å². The molecule has 19 heavy (non-hydrogen) atoms. The van der Waals surface area contributed by atoms with E-state index in [2.05, 4.69) is 0 Å². The van der Waals surface area contributed by atoms with Gasteiger partial charge in [0.25, 0.3) is 0 Å². The standard InChI is InChI=1S/C14H13F3O2/c15-11-7-10(8-12(16)13(11)17)9-1-3-14(4-2-9)18-5-6-19-14/h1,7-8H,2-6H2. The number of rotatable bonds is 1. The van der Waals surface area contributed by atoms with Crippen LogP contribution in [0.1, 0.15) is 24.8 Å². The molecule has 0 N–H and O–H groups in total. The second kappa shape index (κ2) is 4.65. The van der Waals surface area contributed by atoms with Crippen LogP contribution in [-0.2, 0) is 9.47 Å². The zero-order valence-electron chi connectivity index (χ0n) is 10.2. The van der Waals surface area contributed by atoms with Crippen LogP contribution in [0.25, 0.3) is 5.57 Å². The second-order valence-electron chi connectivity index (χ2n) is 4.79. The summed E-state index contributed by atoms with van der Waals surface area (Å²) < 4.78 is 50.4. The van der Waals surface area contributed by atoms with Gasteiger partial charge in [-0.2, -0.15) is 0 Å². The molecule has 0 saturated carbocycles. The largest absolute Gasteiger partial charge is 0.347 e. The van der Waals surface area contributed by atoms with Gasteiger partial charge in [0.15, 0.2) is 23.2 Å². The van der Waals surface area contributed by atoms with Gasteiger partial charge in [-0.25, -0.2) is 13.2 Å². The number of benzene rings is 1. The first-order chi connectivity index (χ1) is 9.10. The lowest BCUT2D eigenvalue weighted by molar-refractivity contribution is -0.159. The number of ether oxygens (including phenoxy) is 2. The van der Waals surface area contributed by atoms with Crippen molar-refractivity contribution in [3.05, 3.63) is 41.2 Å². The lowest BCUT2D eigenvalue weighted by Crippen LogP contribution is -2.31. The molecule has 5 heteroatoms. The molecular formula is C14H13F3O2. The third-order valence-corrected chi connectivity index (χ3v) is 3.60. The molecule has 1 aliphatic heterocycles. The molecule has 1 fully saturated rings. The van der Waals surface area contributed by atoms with Crippen LogP contribution in [0.3, 0.4) is 0 Å². The normalized spacial score (nSPS) is 21.7. The Labute approximate surface area is 108 Å². The van der Waals surface area contributed by atoms with Crippen LogP contribution in [0.2, 0.25) is 0 Å². The molecule has 2 nitrogen and oxygen atoms in total. The van der Waals surface area contributed by atoms with Crippen LogP contribution in [-0.4, -0.2) is 19.0 Å². The Morgan fingerprint density at radius 3 is 2.16 bits per heavy atom. The number of hydrogen-bond donors (Lipinski definition) is 0. The van der Waals surface area contributed by atoms with E-state index in [1.807, 2.05) is 6.08 Å². The number of hydrogen-bond acceptors (Lipinski definition) is 2. The van der Waals surface area contributed by atoms with Crippen LogP contribution < -0.4 is 0 Å². The third kappa shape index (κ3) is 2.28. The summed E-state index contributed by atoms with van der Waals surface area (Å²) >= 11 is 0. The van der Waals surface area contributed by atoms with Crippen molar-refractivity contribution in [1.82, 2.24) is 0 Å². The molecule has 102 valence electrons. The van der Waals surface area contributed by atoms with E-state index < -0.39 is 23.2 Å². The summed E-state index contributed by atoms with van der Waals surface area (Å²) in [6, 6.07) is 2.05. The predicted octanol–water partition coefficient (Wildman–Crippen LogP) is 3.41. The van der Waals surface area contributed by atoms with E-state index in [0.717, 1.165) is 17.7 Å². The van der Waals surface area contributed by atoms with Crippen molar-refractivity contribution in [1.29, 1.82) is 0 Å². The van der Waals surface area contributed by atoms with Crippen molar-refractivity contribution in [2.75, 3.05) is 13.2 Å². The van der Waals surface area contributed by atoms with E-state index >= 15 is 0 Å². The van der Waals surface area contributed by atoms with Crippen molar-refractivity contribution >= 4 is 5.57 Å². The van der Waals surface area contributed by atoms with Gasteiger partial charge in [-0.05, 0) is 29.7 Å². The molecule has 1 aliphatic carbocycles. The number of allylic oxidation sites excluding steroid dienone is 1. The summed E-state index contributed by atoms with van der Waals surface area (Å²) in [4.78, 5) is 0. The topological polar surface area (TPSA) is 18.5 Å². The zero-order chi connectivity index (χ0) is 13.5. The van der Waals surface area contributed by atoms with E-state index in [9.17, 15) is 13.2 Å². The summed E-state index contributed by atoms with van der Waals surface area (Å²) in [6.45, 7) is 1.14. The molecule has 0 amide bonds. The lowest BCUT2D eigenvalue weighted by atomic mass is 9.90. The fraction of sp³-hybridized carbons (Fsp3) is 0.429. The fourth-order valence-electron chi connectivity index (χ4n) is 2.57. The van der Waals surface area contributed by atoms with E-state index in [0.29, 0.717) is 38.0 Å². The smallest absolute Gasteiger partial charge is 0.194 e. The Morgan fingerprint density at radius 2 is 1.63 bits per heavy atom. The number of halogens is 3. The van der Waals surface area contributed by atoms with Crippen molar-refractivity contribution in [3.8, 4) is 0 Å². The molecule has 2 aliphatic rings. The van der Waals surface area contributed by atoms with Gasteiger partial charge in [-0.3, -0.25) is 0 Å². The Kier molecular flexibility index (Phi) is 3.11. The highest BCUT2D eigenvalue weighted by Gasteiger charge is 2.37. The van der Waals surface area contributed by atoms with Gasteiger partial charge in [0.1, 0.15) is 0 Å². The molecule has 0 radical (unpaired) electrons. The highest BCUT2D eigenvalue weighted by atomic mass is 19.2. The van der Waals surface area contributed by atoms with Gasteiger partial charge in [-0.15, -0.1) is 0 Å². The van der Waals surface area contributed by atoms with Crippen molar-refractivity contribution in [2.24, 2.45) is 0 Å². The first-order valence-electron chi connectivity index (χ1n) is 6.21. The summed E-state index contributed by atoms with van der Waals surface area (Å²) in [7, 11) is 0. The zero-order valence-corrected chi connectivity index (χ0v) is 10.2. The summed E-state index contributed by atoms with van der Waals surface area (Å²) in [5.41, 5.74) is 1.17. The van der Waals surface area contributed by atoms with Gasteiger partial charge in [0.2, 0.25) is 0 Å². The van der Waals surface area contributed by atoms with Crippen molar-refractivity contribution in [3.63, 3.8) is 0 Å². The Bertz CT molecular complexity index is 510. The van der Waals surface area contributed by atoms with Gasteiger partial charge in [-0.1, -0.05) is 6.08 Å². The van der Waals surface area contributed by atoms with E-state index in [1.54, 1.807) is 0 Å². The summed E-state index contributed by atoms with van der Waals surface area (Å²) in [5.74, 6) is -4.33. The molecule has 0 atom stereocenters. The molecule has 1 spiro atoms. The monoisotopic (exact) mass is 270 g/mol. The highest BCUT2D eigenvalue weighted by Crippen LogP contribution is 2.38. The first-order valence-corrected chi connectivity index (χ1v) is 6.21. The Hall–Kier alpha value is -1.33. The van der Waals surface area contributed by atoms with Crippen LogP contribution in [0.5, 0.6) is 0 Å². The molecule has 0 aromatic heterocycles. The molecule has 1 aromatic carbocycles. The maximum atomic E-state index is 13.2. The highest BCUT2D eigenvalue weighted by molar-refractivity contribution is 5.66. The second-order valence-corrected chi connectivity index (χ2v) is 4.79. The minimum atomic E-state index is -1.43. The maximum absolute atomic E-state index is 13.2. The SMILES string of the molecule is Fc1cc(C2=CCC3(CC2)OCCO3)cc(F)c1F. The molecule has 1 heterocycles. The van der Waals surface area contributed by atoms with Crippen LogP contribution in [0.4, 0.5) is 13.2 Å². The third-order valence-electron chi connectivity index (χ3n) is 3.60. The average Bonchev–Trinajstić information content (AvgIpc) is 2.85. The van der Waals surface area contributed by atoms with Gasteiger partial charge in [0.05, 0.1) is 13.2 Å². The lowest BCUT2D eigenvalue weighted by Gasteiger charge is -2.30. The van der Waals surface area contributed by atoms with E-state index in [4.69, 9.17) is 9.47 Å². The van der Waals surface area contributed by atoms with Crippen LogP contribution in [0, 0.1) is 17.5 Å². The molecule has 0 unspecified atom stereocenters. The quantitative estimate of drug-likeness (QED) is 0.728. The first kappa shape index (κ1) is 12.7. The minimum absolute atomic E-state index is 0.379. The molecule has 1 saturated heterocycles. The Balaban J connectivity index is 1.86. The summed E-state index contributed by atoms with van der Waals surface area (Å²) in [6.07, 6.45) is 3.62. The Morgan fingerprint density at radius 1 is 1.00 bits per heavy atom. The van der Waals surface area contributed by atoms with Gasteiger partial charge < -0.3 is 9.47 Å². The van der Waals surface area contributed by atoms with E-state index in [1.165, 1.54) is 0 Å². The summed E-state index contributed by atoms with van der Waals surface area (Å²) in [5, 5.41) is 0. The minimum Gasteiger partial charge on any atom is -0.347 e. The fourth-order valence-corrected chi connectivity index (χ4v) is 2.57. The van der Waals surface area contributed by atoms with Crippen molar-refractivity contribution in [2.45, 2.75) is 25.0 Å². The van der Waals surface area contributed by atoms with Crippen LogP contribution >= 0.6 is 0 Å². The van der Waals surface area contributed by atoms with Gasteiger partial charge in [0, 0.05) is 12.8 Å². The average molecular weight is 270 g/mol. The van der Waals surface area contributed by atoms with E-state index in [-0.39, 0.29) is 0 Å². The van der Waals surface area contributed by atoms with Crippen LogP contribution in [0.15, 0.2) is 18.2 Å².